The first-order valence-electron chi connectivity index (χ1n) is 10.4. The molecule has 0 radical (unpaired) electrons. The van der Waals surface area contributed by atoms with Gasteiger partial charge in [-0.05, 0) is 42.7 Å². The van der Waals surface area contributed by atoms with Crippen LogP contribution in [-0.2, 0) is 17.6 Å². The molecule has 31 heavy (non-hydrogen) atoms. The number of benzene rings is 2. The van der Waals surface area contributed by atoms with Crippen LogP contribution in [0.15, 0.2) is 46.9 Å². The minimum atomic E-state index is -0.837. The number of carbonyl (C=O) groups excluding carboxylic acids is 1. The second-order valence-corrected chi connectivity index (χ2v) is 7.96. The van der Waals surface area contributed by atoms with Crippen LogP contribution in [0.1, 0.15) is 65.5 Å². The number of phenolic OH excluding ortho intramolecular Hbond substituents is 1. The Morgan fingerprint density at radius 2 is 1.81 bits per heavy atom. The van der Waals surface area contributed by atoms with E-state index >= 15 is 0 Å². The molecular weight excluding hydrogens is 394 g/mol. The number of hydrogen-bond donors (Lipinski definition) is 2. The van der Waals surface area contributed by atoms with Crippen LogP contribution in [0, 0.1) is 6.92 Å². The van der Waals surface area contributed by atoms with E-state index in [4.69, 9.17) is 9.52 Å². The van der Waals surface area contributed by atoms with E-state index in [0.717, 1.165) is 16.8 Å². The Morgan fingerprint density at radius 1 is 1.06 bits per heavy atom. The number of rotatable bonds is 9. The third-order valence-corrected chi connectivity index (χ3v) is 5.25. The highest BCUT2D eigenvalue weighted by molar-refractivity contribution is 5.96. The molecule has 6 heteroatoms. The molecule has 0 aliphatic rings. The molecule has 6 nitrogen and oxygen atoms in total. The molecule has 0 amide bonds. The lowest BCUT2D eigenvalue weighted by molar-refractivity contribution is -0.136. The fraction of sp³-hybridized carbons (Fsp3) is 0.320. The summed E-state index contributed by atoms with van der Waals surface area (Å²) in [7, 11) is 0. The summed E-state index contributed by atoms with van der Waals surface area (Å²) in [4.78, 5) is 28.1. The number of para-hydroxylation sites is 1. The molecule has 3 aromatic rings. The van der Waals surface area contributed by atoms with Gasteiger partial charge in [-0.1, -0.05) is 38.1 Å². The van der Waals surface area contributed by atoms with Crippen LogP contribution < -0.4 is 0 Å². The Hall–Kier alpha value is -3.41. The lowest BCUT2D eigenvalue weighted by Gasteiger charge is -2.08. The number of carbonyl (C=O) groups is 2. The van der Waals surface area contributed by atoms with Crippen LogP contribution in [0.3, 0.4) is 0 Å². The molecule has 0 aliphatic carbocycles. The monoisotopic (exact) mass is 421 g/mol. The Morgan fingerprint density at radius 3 is 2.45 bits per heavy atom. The molecule has 162 valence electrons. The van der Waals surface area contributed by atoms with Crippen LogP contribution >= 0.6 is 0 Å². The number of carboxylic acid groups (broad SMARTS) is 1. The molecular formula is C25H27NO5. The SMILES string of the molecule is Cc1cc(C(=O)CCc2nc(-c3ccccc3O)oc2C(C)C)ccc1CCC(=O)O. The van der Waals surface area contributed by atoms with Gasteiger partial charge in [-0.2, -0.15) is 0 Å². The van der Waals surface area contributed by atoms with Gasteiger partial charge in [-0.25, -0.2) is 4.98 Å². The highest BCUT2D eigenvalue weighted by Crippen LogP contribution is 2.32. The van der Waals surface area contributed by atoms with Gasteiger partial charge in [-0.3, -0.25) is 9.59 Å². The number of nitrogens with zero attached hydrogens (tertiary/aromatic N) is 1. The summed E-state index contributed by atoms with van der Waals surface area (Å²) in [5.41, 5.74) is 3.70. The van der Waals surface area contributed by atoms with Gasteiger partial charge in [0, 0.05) is 30.7 Å². The molecule has 3 rings (SSSR count). The Kier molecular flexibility index (Phi) is 6.90. The zero-order valence-electron chi connectivity index (χ0n) is 18.0. The van der Waals surface area contributed by atoms with Crippen molar-refractivity contribution in [2.75, 3.05) is 0 Å². The van der Waals surface area contributed by atoms with Gasteiger partial charge in [0.1, 0.15) is 11.5 Å². The second-order valence-electron chi connectivity index (χ2n) is 7.96. The molecule has 0 spiro atoms. The van der Waals surface area contributed by atoms with Gasteiger partial charge in [0.2, 0.25) is 5.89 Å². The molecule has 1 aromatic heterocycles. The average molecular weight is 421 g/mol. The zero-order valence-corrected chi connectivity index (χ0v) is 18.0. The molecule has 0 bridgehead atoms. The van der Waals surface area contributed by atoms with Crippen molar-refractivity contribution in [2.24, 2.45) is 0 Å². The standard InChI is InChI=1S/C25H27NO5/c1-15(2)24-20(26-25(31-24)19-6-4-5-7-22(19)28)11-12-21(27)18-9-8-17(16(3)14-18)10-13-23(29)30/h4-9,14-15,28H,10-13H2,1-3H3,(H,29,30). The lowest BCUT2D eigenvalue weighted by Crippen LogP contribution is -2.05. The Balaban J connectivity index is 1.75. The number of phenols is 1. The van der Waals surface area contributed by atoms with Crippen molar-refractivity contribution < 1.29 is 24.2 Å². The van der Waals surface area contributed by atoms with Crippen molar-refractivity contribution in [3.8, 4) is 17.2 Å². The van der Waals surface area contributed by atoms with Crippen molar-refractivity contribution in [3.05, 3.63) is 70.6 Å². The second kappa shape index (κ2) is 9.60. The van der Waals surface area contributed by atoms with Crippen molar-refractivity contribution in [3.63, 3.8) is 0 Å². The zero-order chi connectivity index (χ0) is 22.5. The van der Waals surface area contributed by atoms with E-state index < -0.39 is 5.97 Å². The average Bonchev–Trinajstić information content (AvgIpc) is 3.15. The third-order valence-electron chi connectivity index (χ3n) is 5.25. The maximum atomic E-state index is 12.8. The van der Waals surface area contributed by atoms with Crippen LogP contribution in [0.2, 0.25) is 0 Å². The maximum absolute atomic E-state index is 12.8. The summed E-state index contributed by atoms with van der Waals surface area (Å²) in [5.74, 6) is 0.410. The molecule has 0 saturated carbocycles. The quantitative estimate of drug-likeness (QED) is 0.454. The number of ketones is 1. The minimum Gasteiger partial charge on any atom is -0.507 e. The first-order valence-corrected chi connectivity index (χ1v) is 10.4. The van der Waals surface area contributed by atoms with Crippen LogP contribution in [0.5, 0.6) is 5.75 Å². The first-order chi connectivity index (χ1) is 14.8. The summed E-state index contributed by atoms with van der Waals surface area (Å²) in [5, 5.41) is 19.0. The summed E-state index contributed by atoms with van der Waals surface area (Å²) in [6, 6.07) is 12.3. The van der Waals surface area contributed by atoms with Gasteiger partial charge in [0.15, 0.2) is 5.78 Å². The van der Waals surface area contributed by atoms with E-state index in [1.165, 1.54) is 0 Å². The molecule has 0 atom stereocenters. The van der Waals surface area contributed by atoms with Crippen LogP contribution in [0.4, 0.5) is 0 Å². The molecule has 2 N–H and O–H groups in total. The number of aryl methyl sites for hydroxylation is 3. The van der Waals surface area contributed by atoms with Gasteiger partial charge in [0.25, 0.3) is 0 Å². The number of Topliss-reactive ketones (excluding diaryl/α,β-unsaturated/α-hetero) is 1. The van der Waals surface area contributed by atoms with Crippen LogP contribution in [-0.4, -0.2) is 26.9 Å². The molecule has 0 fully saturated rings. The van der Waals surface area contributed by atoms with Gasteiger partial charge < -0.3 is 14.6 Å². The number of carboxylic acids is 1. The molecule has 1 heterocycles. The Labute approximate surface area is 181 Å². The normalized spacial score (nSPS) is 11.1. The Bertz CT molecular complexity index is 1100. The van der Waals surface area contributed by atoms with E-state index in [-0.39, 0.29) is 30.3 Å². The number of oxazole rings is 1. The van der Waals surface area contributed by atoms with E-state index in [9.17, 15) is 14.7 Å². The van der Waals surface area contributed by atoms with E-state index in [1.54, 1.807) is 30.3 Å². The summed E-state index contributed by atoms with van der Waals surface area (Å²) < 4.78 is 5.93. The highest BCUT2D eigenvalue weighted by atomic mass is 16.4. The summed E-state index contributed by atoms with van der Waals surface area (Å²) in [6.45, 7) is 5.89. The number of aliphatic carboxylic acids is 1. The van der Waals surface area contributed by atoms with Crippen molar-refractivity contribution in [2.45, 2.75) is 52.4 Å². The van der Waals surface area contributed by atoms with Crippen molar-refractivity contribution in [1.82, 2.24) is 4.98 Å². The third kappa shape index (κ3) is 5.40. The largest absolute Gasteiger partial charge is 0.507 e. The van der Waals surface area contributed by atoms with Crippen molar-refractivity contribution >= 4 is 11.8 Å². The molecule has 2 aromatic carbocycles. The smallest absolute Gasteiger partial charge is 0.303 e. The maximum Gasteiger partial charge on any atom is 0.303 e. The summed E-state index contributed by atoms with van der Waals surface area (Å²) >= 11 is 0. The van der Waals surface area contributed by atoms with Gasteiger partial charge in [-0.15, -0.1) is 0 Å². The minimum absolute atomic E-state index is 0.00491. The number of aromatic nitrogens is 1. The summed E-state index contributed by atoms with van der Waals surface area (Å²) in [6.07, 6.45) is 1.22. The van der Waals surface area contributed by atoms with E-state index in [1.807, 2.05) is 32.9 Å². The number of hydrogen-bond acceptors (Lipinski definition) is 5. The predicted molar refractivity (Wildman–Crippen MR) is 117 cm³/mol. The van der Waals surface area contributed by atoms with Crippen molar-refractivity contribution in [1.29, 1.82) is 0 Å². The van der Waals surface area contributed by atoms with E-state index in [2.05, 4.69) is 4.98 Å². The van der Waals surface area contributed by atoms with Gasteiger partial charge >= 0.3 is 5.97 Å². The highest BCUT2D eigenvalue weighted by Gasteiger charge is 2.20. The van der Waals surface area contributed by atoms with E-state index in [0.29, 0.717) is 35.6 Å². The first kappa shape index (κ1) is 22.3. The van der Waals surface area contributed by atoms with Crippen LogP contribution in [0.25, 0.3) is 11.5 Å². The molecule has 0 aliphatic heterocycles. The topological polar surface area (TPSA) is 101 Å². The lowest BCUT2D eigenvalue weighted by atomic mass is 9.97. The van der Waals surface area contributed by atoms with Gasteiger partial charge in [0.05, 0.1) is 11.3 Å². The number of aromatic hydroxyl groups is 1. The molecule has 0 saturated heterocycles. The fourth-order valence-electron chi connectivity index (χ4n) is 3.53. The molecule has 0 unspecified atom stereocenters. The fourth-order valence-corrected chi connectivity index (χ4v) is 3.53. The predicted octanol–water partition coefficient (Wildman–Crippen LogP) is 5.31.